The summed E-state index contributed by atoms with van der Waals surface area (Å²) in [5.41, 5.74) is 2.73. The van der Waals surface area contributed by atoms with Crippen molar-refractivity contribution in [3.63, 3.8) is 0 Å². The molecule has 1 aromatic carbocycles. The molecule has 0 aliphatic carbocycles. The Hall–Kier alpha value is -1.10. The number of hydrogen-bond acceptors (Lipinski definition) is 4. The second-order valence-electron chi connectivity index (χ2n) is 7.59. The Morgan fingerprint density at radius 2 is 1.76 bits per heavy atom. The average Bonchev–Trinajstić information content (AvgIpc) is 2.61. The molecular formula is C21H38N4. The highest BCUT2D eigenvalue weighted by molar-refractivity contribution is 5.46. The van der Waals surface area contributed by atoms with Crippen LogP contribution < -0.4 is 10.2 Å². The fourth-order valence-electron chi connectivity index (χ4n) is 3.89. The smallest absolute Gasteiger partial charge is 0.0479 e. The van der Waals surface area contributed by atoms with Crippen LogP contribution in [0.5, 0.6) is 0 Å². The molecule has 1 fully saturated rings. The molecule has 1 aromatic rings. The van der Waals surface area contributed by atoms with E-state index in [-0.39, 0.29) is 0 Å². The molecule has 0 spiro atoms. The minimum absolute atomic E-state index is 0.478. The van der Waals surface area contributed by atoms with E-state index in [0.29, 0.717) is 12.1 Å². The van der Waals surface area contributed by atoms with Crippen LogP contribution in [0, 0.1) is 0 Å². The summed E-state index contributed by atoms with van der Waals surface area (Å²) in [4.78, 5) is 7.53. The van der Waals surface area contributed by atoms with E-state index in [4.69, 9.17) is 0 Å². The summed E-state index contributed by atoms with van der Waals surface area (Å²) in [6.07, 6.45) is 2.45. The maximum absolute atomic E-state index is 3.54. The monoisotopic (exact) mass is 346 g/mol. The number of hydrogen-bond donors (Lipinski definition) is 1. The number of nitrogens with one attached hydrogen (secondary N) is 1. The quantitative estimate of drug-likeness (QED) is 0.741. The summed E-state index contributed by atoms with van der Waals surface area (Å²) in [5.74, 6) is 0. The summed E-state index contributed by atoms with van der Waals surface area (Å²) in [6, 6.07) is 10.3. The number of piperazine rings is 1. The second-order valence-corrected chi connectivity index (χ2v) is 7.59. The Kier molecular flexibility index (Phi) is 8.20. The van der Waals surface area contributed by atoms with E-state index in [9.17, 15) is 0 Å². The molecule has 2 atom stereocenters. The Bertz CT molecular complexity index is 479. The highest BCUT2D eigenvalue weighted by Crippen LogP contribution is 2.27. The van der Waals surface area contributed by atoms with Crippen LogP contribution in [0.2, 0.25) is 0 Å². The fraction of sp³-hybridized carbons (Fsp3) is 0.714. The van der Waals surface area contributed by atoms with Crippen molar-refractivity contribution < 1.29 is 0 Å². The molecular weight excluding hydrogens is 308 g/mol. The van der Waals surface area contributed by atoms with Gasteiger partial charge in [0.15, 0.2) is 0 Å². The van der Waals surface area contributed by atoms with E-state index < -0.39 is 0 Å². The van der Waals surface area contributed by atoms with Crippen LogP contribution in [0.3, 0.4) is 0 Å². The molecule has 0 aromatic heterocycles. The first-order valence-electron chi connectivity index (χ1n) is 10.0. The van der Waals surface area contributed by atoms with Gasteiger partial charge in [-0.15, -0.1) is 0 Å². The highest BCUT2D eigenvalue weighted by Gasteiger charge is 2.28. The van der Waals surface area contributed by atoms with Crippen molar-refractivity contribution in [2.24, 2.45) is 0 Å². The summed E-state index contributed by atoms with van der Waals surface area (Å²) in [5, 5.41) is 3.54. The molecule has 25 heavy (non-hydrogen) atoms. The molecule has 0 bridgehead atoms. The third kappa shape index (κ3) is 5.70. The van der Waals surface area contributed by atoms with Gasteiger partial charge >= 0.3 is 0 Å². The third-order valence-corrected chi connectivity index (χ3v) is 5.26. The molecule has 1 heterocycles. The number of benzene rings is 1. The predicted octanol–water partition coefficient (Wildman–Crippen LogP) is 3.21. The van der Waals surface area contributed by atoms with Crippen LogP contribution in [-0.4, -0.2) is 69.2 Å². The van der Waals surface area contributed by atoms with Crippen LogP contribution >= 0.6 is 0 Å². The topological polar surface area (TPSA) is 21.8 Å². The van der Waals surface area contributed by atoms with Crippen molar-refractivity contribution in [1.29, 1.82) is 0 Å². The van der Waals surface area contributed by atoms with Gasteiger partial charge in [-0.05, 0) is 50.6 Å². The predicted molar refractivity (Wildman–Crippen MR) is 110 cm³/mol. The van der Waals surface area contributed by atoms with E-state index in [2.05, 4.69) is 79.1 Å². The van der Waals surface area contributed by atoms with Gasteiger partial charge in [-0.1, -0.05) is 26.0 Å². The molecule has 0 saturated carbocycles. The van der Waals surface area contributed by atoms with Gasteiger partial charge in [0.05, 0.1) is 0 Å². The first-order valence-corrected chi connectivity index (χ1v) is 10.0. The number of rotatable bonds is 9. The standard InChI is InChI=1S/C21H38N4/c1-6-13-24(14-7-2)17-21(25-15-12-22-16-18(25)3)19-8-10-20(11-9-19)23(4)5/h8-11,18,21-22H,6-7,12-17H2,1-5H3. The zero-order valence-corrected chi connectivity index (χ0v) is 17.0. The lowest BCUT2D eigenvalue weighted by molar-refractivity contribution is 0.0840. The molecule has 1 aliphatic heterocycles. The molecule has 142 valence electrons. The molecule has 1 saturated heterocycles. The summed E-state index contributed by atoms with van der Waals surface area (Å²) in [7, 11) is 4.21. The van der Waals surface area contributed by atoms with Gasteiger partial charge < -0.3 is 15.1 Å². The molecule has 4 heteroatoms. The zero-order chi connectivity index (χ0) is 18.2. The Morgan fingerprint density at radius 3 is 2.28 bits per heavy atom. The first kappa shape index (κ1) is 20.2. The average molecular weight is 347 g/mol. The number of nitrogens with zero attached hydrogens (tertiary/aromatic N) is 3. The van der Waals surface area contributed by atoms with Crippen molar-refractivity contribution >= 4 is 5.69 Å². The van der Waals surface area contributed by atoms with Crippen LogP contribution in [0.25, 0.3) is 0 Å². The minimum atomic E-state index is 0.478. The molecule has 0 radical (unpaired) electrons. The minimum Gasteiger partial charge on any atom is -0.378 e. The van der Waals surface area contributed by atoms with Gasteiger partial charge in [-0.25, -0.2) is 0 Å². The first-order chi connectivity index (χ1) is 12.1. The van der Waals surface area contributed by atoms with Gasteiger partial charge in [0.25, 0.3) is 0 Å². The Morgan fingerprint density at radius 1 is 1.12 bits per heavy atom. The third-order valence-electron chi connectivity index (χ3n) is 5.26. The lowest BCUT2D eigenvalue weighted by Crippen LogP contribution is -2.53. The van der Waals surface area contributed by atoms with Gasteiger partial charge in [-0.2, -0.15) is 0 Å². The van der Waals surface area contributed by atoms with E-state index in [1.54, 1.807) is 0 Å². The zero-order valence-electron chi connectivity index (χ0n) is 17.0. The molecule has 4 nitrogen and oxygen atoms in total. The molecule has 1 aliphatic rings. The van der Waals surface area contributed by atoms with E-state index in [1.165, 1.54) is 37.2 Å². The lowest BCUT2D eigenvalue weighted by atomic mass is 10.0. The number of anilines is 1. The van der Waals surface area contributed by atoms with Crippen LogP contribution in [0.1, 0.15) is 45.2 Å². The molecule has 1 N–H and O–H groups in total. The van der Waals surface area contributed by atoms with E-state index in [0.717, 1.165) is 26.2 Å². The summed E-state index contributed by atoms with van der Waals surface area (Å²) < 4.78 is 0. The Balaban J connectivity index is 2.23. The van der Waals surface area contributed by atoms with Crippen molar-refractivity contribution in [2.75, 3.05) is 58.3 Å². The van der Waals surface area contributed by atoms with Crippen LogP contribution in [0.4, 0.5) is 5.69 Å². The van der Waals surface area contributed by atoms with Crippen LogP contribution in [-0.2, 0) is 0 Å². The lowest BCUT2D eigenvalue weighted by Gasteiger charge is -2.42. The largest absolute Gasteiger partial charge is 0.378 e. The van der Waals surface area contributed by atoms with Gasteiger partial charge in [0, 0.05) is 58.0 Å². The Labute approximate surface area is 155 Å². The highest BCUT2D eigenvalue weighted by atomic mass is 15.3. The SMILES string of the molecule is CCCN(CCC)CC(c1ccc(N(C)C)cc1)N1CCNCC1C. The van der Waals surface area contributed by atoms with E-state index >= 15 is 0 Å². The van der Waals surface area contributed by atoms with Crippen molar-refractivity contribution in [1.82, 2.24) is 15.1 Å². The maximum Gasteiger partial charge on any atom is 0.0479 e. The van der Waals surface area contributed by atoms with Crippen molar-refractivity contribution in [3.8, 4) is 0 Å². The second kappa shape index (κ2) is 10.1. The summed E-state index contributed by atoms with van der Waals surface area (Å²) in [6.45, 7) is 13.8. The molecule has 2 rings (SSSR count). The normalized spacial score (nSPS) is 20.0. The van der Waals surface area contributed by atoms with Crippen molar-refractivity contribution in [2.45, 2.75) is 45.7 Å². The van der Waals surface area contributed by atoms with Gasteiger partial charge in [0.2, 0.25) is 0 Å². The van der Waals surface area contributed by atoms with Gasteiger partial charge in [-0.3, -0.25) is 4.90 Å². The fourth-order valence-corrected chi connectivity index (χ4v) is 3.89. The summed E-state index contributed by atoms with van der Waals surface area (Å²) >= 11 is 0. The van der Waals surface area contributed by atoms with E-state index in [1.807, 2.05) is 0 Å². The molecule has 0 amide bonds. The maximum atomic E-state index is 3.54. The molecule has 2 unspecified atom stereocenters. The van der Waals surface area contributed by atoms with Crippen molar-refractivity contribution in [3.05, 3.63) is 29.8 Å². The van der Waals surface area contributed by atoms with Crippen LogP contribution in [0.15, 0.2) is 24.3 Å². The van der Waals surface area contributed by atoms with Gasteiger partial charge in [0.1, 0.15) is 0 Å².